The Bertz CT molecular complexity index is 149. The first kappa shape index (κ1) is 5.38. The van der Waals surface area contributed by atoms with Crippen molar-refractivity contribution in [3.63, 3.8) is 0 Å². The number of nitrogens with one attached hydrogen (secondary N) is 1. The minimum absolute atomic E-state index is 0.620. The van der Waals surface area contributed by atoms with Crippen molar-refractivity contribution in [2.45, 2.75) is 0 Å². The zero-order valence-corrected chi connectivity index (χ0v) is 4.94. The van der Waals surface area contributed by atoms with Crippen molar-refractivity contribution >= 4 is 17.4 Å². The van der Waals surface area contributed by atoms with E-state index in [-0.39, 0.29) is 0 Å². The maximum Gasteiger partial charge on any atom is 0.270 e. The molecule has 8 heavy (non-hydrogen) atoms. The van der Waals surface area contributed by atoms with Crippen molar-refractivity contribution in [1.29, 1.82) is 0 Å². The third-order valence-corrected chi connectivity index (χ3v) is 1.03. The fraction of sp³-hybridized carbons (Fsp3) is 0. The van der Waals surface area contributed by atoms with Crippen LogP contribution in [0.4, 0.5) is 5.82 Å². The van der Waals surface area contributed by atoms with Crippen LogP contribution in [0.3, 0.4) is 0 Å². The van der Waals surface area contributed by atoms with E-state index in [4.69, 9.17) is 17.3 Å². The molecule has 3 heteroatoms. The lowest BCUT2D eigenvalue weighted by molar-refractivity contribution is -0.360. The highest BCUT2D eigenvalue weighted by Crippen LogP contribution is 2.02. The van der Waals surface area contributed by atoms with E-state index < -0.39 is 0 Å². The summed E-state index contributed by atoms with van der Waals surface area (Å²) >= 11 is 5.52. The predicted octanol–water partition coefficient (Wildman–Crippen LogP) is 0.736. The molecule has 2 nitrogen and oxygen atoms in total. The number of rotatable bonds is 0. The summed E-state index contributed by atoms with van der Waals surface area (Å²) in [5.74, 6) is 0.620. The van der Waals surface area contributed by atoms with E-state index >= 15 is 0 Å². The Morgan fingerprint density at radius 3 is 2.62 bits per heavy atom. The SMILES string of the molecule is Nc1ccc(Cl)c[nH+]1. The summed E-state index contributed by atoms with van der Waals surface area (Å²) in [6.07, 6.45) is 1.64. The second kappa shape index (κ2) is 2.01. The highest BCUT2D eigenvalue weighted by molar-refractivity contribution is 6.30. The fourth-order valence-corrected chi connectivity index (χ4v) is 0.535. The summed E-state index contributed by atoms with van der Waals surface area (Å²) < 4.78 is 0. The summed E-state index contributed by atoms with van der Waals surface area (Å²) in [5, 5.41) is 0.666. The number of H-pyrrole nitrogens is 1. The van der Waals surface area contributed by atoms with Crippen molar-refractivity contribution in [3.8, 4) is 0 Å². The highest BCUT2D eigenvalue weighted by atomic mass is 35.5. The van der Waals surface area contributed by atoms with Gasteiger partial charge in [-0.05, 0) is 6.07 Å². The standard InChI is InChI=1S/C5H5ClN2/c6-4-1-2-5(7)8-3-4/h1-3H,(H2,7,8)/p+1. The molecule has 0 spiro atoms. The first-order valence-electron chi connectivity index (χ1n) is 2.22. The topological polar surface area (TPSA) is 40.2 Å². The molecule has 0 bridgehead atoms. The number of hydrogen-bond donors (Lipinski definition) is 1. The normalized spacial score (nSPS) is 9.12. The van der Waals surface area contributed by atoms with Gasteiger partial charge in [-0.2, -0.15) is 0 Å². The molecule has 0 saturated carbocycles. The zero-order chi connectivity index (χ0) is 5.98. The molecule has 0 aliphatic carbocycles. The minimum Gasteiger partial charge on any atom is -0.287 e. The van der Waals surface area contributed by atoms with E-state index in [2.05, 4.69) is 4.98 Å². The lowest BCUT2D eigenvalue weighted by Crippen LogP contribution is -2.07. The van der Waals surface area contributed by atoms with Crippen molar-refractivity contribution < 1.29 is 4.98 Å². The summed E-state index contributed by atoms with van der Waals surface area (Å²) in [7, 11) is 0. The molecule has 0 amide bonds. The van der Waals surface area contributed by atoms with Gasteiger partial charge in [-0.3, -0.25) is 5.73 Å². The van der Waals surface area contributed by atoms with Crippen LogP contribution < -0.4 is 10.7 Å². The van der Waals surface area contributed by atoms with Crippen LogP contribution in [0, 0.1) is 0 Å². The van der Waals surface area contributed by atoms with Crippen LogP contribution in [0.1, 0.15) is 0 Å². The number of nitrogens with two attached hydrogens (primary N) is 1. The second-order valence-corrected chi connectivity index (χ2v) is 1.90. The zero-order valence-electron chi connectivity index (χ0n) is 4.19. The molecule has 0 aromatic carbocycles. The summed E-state index contributed by atoms with van der Waals surface area (Å²) in [4.78, 5) is 2.75. The van der Waals surface area contributed by atoms with Crippen LogP contribution in [0.2, 0.25) is 5.02 Å². The number of nitrogen functional groups attached to an aromatic ring is 1. The van der Waals surface area contributed by atoms with Gasteiger partial charge >= 0.3 is 0 Å². The van der Waals surface area contributed by atoms with Gasteiger partial charge in [0.15, 0.2) is 0 Å². The maximum absolute atomic E-state index is 5.52. The average molecular weight is 130 g/mol. The number of pyridine rings is 1. The van der Waals surface area contributed by atoms with Crippen molar-refractivity contribution in [2.75, 3.05) is 5.73 Å². The first-order valence-corrected chi connectivity index (χ1v) is 2.59. The Labute approximate surface area is 52.3 Å². The summed E-state index contributed by atoms with van der Waals surface area (Å²) in [5.41, 5.74) is 5.31. The Morgan fingerprint density at radius 1 is 1.50 bits per heavy atom. The molecule has 42 valence electrons. The molecule has 1 rings (SSSR count). The smallest absolute Gasteiger partial charge is 0.270 e. The molecular formula is C5H6ClN2+. The van der Waals surface area contributed by atoms with Gasteiger partial charge in [-0.15, -0.1) is 0 Å². The van der Waals surface area contributed by atoms with Crippen LogP contribution in [0.5, 0.6) is 0 Å². The van der Waals surface area contributed by atoms with Gasteiger partial charge < -0.3 is 0 Å². The first-order chi connectivity index (χ1) is 3.79. The highest BCUT2D eigenvalue weighted by Gasteiger charge is 1.89. The number of halogens is 1. The van der Waals surface area contributed by atoms with Crippen LogP contribution in [0.25, 0.3) is 0 Å². The lowest BCUT2D eigenvalue weighted by Gasteiger charge is -1.82. The van der Waals surface area contributed by atoms with Gasteiger partial charge in [-0.25, -0.2) is 4.98 Å². The van der Waals surface area contributed by atoms with Crippen molar-refractivity contribution in [3.05, 3.63) is 23.4 Å². The van der Waals surface area contributed by atoms with Crippen LogP contribution >= 0.6 is 11.6 Å². The predicted molar refractivity (Wildman–Crippen MR) is 32.4 cm³/mol. The van der Waals surface area contributed by atoms with E-state index in [0.717, 1.165) is 0 Å². The largest absolute Gasteiger partial charge is 0.287 e. The summed E-state index contributed by atoms with van der Waals surface area (Å²) in [6, 6.07) is 3.44. The Balaban J connectivity index is 3.03. The lowest BCUT2D eigenvalue weighted by atomic mass is 10.5. The van der Waals surface area contributed by atoms with E-state index in [0.29, 0.717) is 10.8 Å². The number of aromatic amines is 1. The van der Waals surface area contributed by atoms with E-state index in [1.165, 1.54) is 0 Å². The van der Waals surface area contributed by atoms with E-state index in [1.807, 2.05) is 0 Å². The fourth-order valence-electron chi connectivity index (χ4n) is 0.418. The van der Waals surface area contributed by atoms with Gasteiger partial charge in [0.05, 0.1) is 5.02 Å². The van der Waals surface area contributed by atoms with Gasteiger partial charge in [0.2, 0.25) is 0 Å². The Kier molecular flexibility index (Phi) is 1.35. The van der Waals surface area contributed by atoms with Gasteiger partial charge in [0, 0.05) is 6.07 Å². The summed E-state index contributed by atoms with van der Waals surface area (Å²) in [6.45, 7) is 0. The van der Waals surface area contributed by atoms with E-state index in [1.54, 1.807) is 18.3 Å². The average Bonchev–Trinajstić information content (AvgIpc) is 1.77. The molecular weight excluding hydrogens is 124 g/mol. The number of aromatic nitrogens is 1. The molecule has 1 aromatic rings. The molecule has 3 N–H and O–H groups in total. The molecule has 1 heterocycles. The third-order valence-electron chi connectivity index (χ3n) is 0.799. The quantitative estimate of drug-likeness (QED) is 0.552. The van der Waals surface area contributed by atoms with Gasteiger partial charge in [-0.1, -0.05) is 11.6 Å². The molecule has 0 unspecified atom stereocenters. The number of anilines is 1. The van der Waals surface area contributed by atoms with Crippen LogP contribution in [-0.2, 0) is 0 Å². The number of hydrogen-bond acceptors (Lipinski definition) is 1. The molecule has 0 fully saturated rings. The van der Waals surface area contributed by atoms with Crippen molar-refractivity contribution in [2.24, 2.45) is 0 Å². The third kappa shape index (κ3) is 1.10. The Morgan fingerprint density at radius 2 is 2.25 bits per heavy atom. The monoisotopic (exact) mass is 129 g/mol. The molecule has 0 aliphatic rings. The molecule has 1 aromatic heterocycles. The van der Waals surface area contributed by atoms with Crippen LogP contribution in [-0.4, -0.2) is 0 Å². The van der Waals surface area contributed by atoms with Crippen molar-refractivity contribution in [1.82, 2.24) is 0 Å². The molecule has 0 aliphatic heterocycles. The Hall–Kier alpha value is -0.760. The second-order valence-electron chi connectivity index (χ2n) is 1.46. The maximum atomic E-state index is 5.52. The minimum atomic E-state index is 0.620. The molecule has 0 atom stereocenters. The van der Waals surface area contributed by atoms with Crippen LogP contribution in [0.15, 0.2) is 18.3 Å². The van der Waals surface area contributed by atoms with Gasteiger partial charge in [0.25, 0.3) is 5.82 Å². The molecule has 0 saturated heterocycles. The van der Waals surface area contributed by atoms with E-state index in [9.17, 15) is 0 Å². The van der Waals surface area contributed by atoms with Gasteiger partial charge in [0.1, 0.15) is 6.20 Å². The molecule has 0 radical (unpaired) electrons.